The van der Waals surface area contributed by atoms with Crippen molar-refractivity contribution in [3.05, 3.63) is 18.0 Å². The summed E-state index contributed by atoms with van der Waals surface area (Å²) in [6.07, 6.45) is 1.78. The van der Waals surface area contributed by atoms with Crippen LogP contribution >= 0.6 is 0 Å². The fraction of sp³-hybridized carbons (Fsp3) is 0.625. The first-order chi connectivity index (χ1) is 5.13. The second-order valence-electron chi connectivity index (χ2n) is 3.15. The third-order valence-electron chi connectivity index (χ3n) is 1.92. The van der Waals surface area contributed by atoms with Gasteiger partial charge in [-0.1, -0.05) is 13.8 Å². The molecule has 1 aromatic rings. The highest BCUT2D eigenvalue weighted by atomic mass is 15.3. The standard InChI is InChI=1S/C8H15N3/c1-6(2)8(9)7-4-5-10-11(7)3/h4-6,8H,9H2,1-3H3/t8-/m0/s1. The van der Waals surface area contributed by atoms with Gasteiger partial charge >= 0.3 is 0 Å². The Morgan fingerprint density at radius 1 is 1.55 bits per heavy atom. The van der Waals surface area contributed by atoms with Gasteiger partial charge in [-0.2, -0.15) is 5.10 Å². The fourth-order valence-electron chi connectivity index (χ4n) is 1.05. The molecule has 1 heterocycles. The Bertz CT molecular complexity index is 227. The predicted molar refractivity (Wildman–Crippen MR) is 45.0 cm³/mol. The Morgan fingerprint density at radius 3 is 2.55 bits per heavy atom. The molecule has 1 aromatic heterocycles. The Labute approximate surface area is 67.2 Å². The minimum atomic E-state index is 0.0995. The van der Waals surface area contributed by atoms with E-state index in [1.54, 1.807) is 6.20 Å². The second-order valence-corrected chi connectivity index (χ2v) is 3.15. The number of nitrogens with two attached hydrogens (primary N) is 1. The Morgan fingerprint density at radius 2 is 2.18 bits per heavy atom. The van der Waals surface area contributed by atoms with E-state index in [9.17, 15) is 0 Å². The maximum atomic E-state index is 5.92. The van der Waals surface area contributed by atoms with Gasteiger partial charge < -0.3 is 5.73 Å². The monoisotopic (exact) mass is 153 g/mol. The average Bonchev–Trinajstić information content (AvgIpc) is 2.33. The maximum Gasteiger partial charge on any atom is 0.0550 e. The van der Waals surface area contributed by atoms with Crippen LogP contribution in [-0.2, 0) is 7.05 Å². The van der Waals surface area contributed by atoms with Crippen molar-refractivity contribution in [3.8, 4) is 0 Å². The summed E-state index contributed by atoms with van der Waals surface area (Å²) < 4.78 is 1.82. The van der Waals surface area contributed by atoms with Crippen molar-refractivity contribution in [2.45, 2.75) is 19.9 Å². The molecule has 0 unspecified atom stereocenters. The maximum absolute atomic E-state index is 5.92. The minimum Gasteiger partial charge on any atom is -0.322 e. The zero-order chi connectivity index (χ0) is 8.43. The molecule has 0 bridgehead atoms. The Kier molecular flexibility index (Phi) is 2.29. The topological polar surface area (TPSA) is 43.8 Å². The highest BCUT2D eigenvalue weighted by Gasteiger charge is 2.12. The van der Waals surface area contributed by atoms with Crippen LogP contribution in [0.3, 0.4) is 0 Å². The first-order valence-electron chi connectivity index (χ1n) is 3.86. The van der Waals surface area contributed by atoms with Crippen LogP contribution in [0.25, 0.3) is 0 Å². The molecule has 0 aliphatic carbocycles. The first kappa shape index (κ1) is 8.27. The van der Waals surface area contributed by atoms with E-state index in [2.05, 4.69) is 18.9 Å². The van der Waals surface area contributed by atoms with Crippen molar-refractivity contribution in [1.82, 2.24) is 9.78 Å². The van der Waals surface area contributed by atoms with Gasteiger partial charge in [0, 0.05) is 19.3 Å². The molecule has 3 heteroatoms. The molecule has 62 valence electrons. The summed E-state index contributed by atoms with van der Waals surface area (Å²) in [6.45, 7) is 4.22. The zero-order valence-corrected chi connectivity index (χ0v) is 7.28. The molecule has 11 heavy (non-hydrogen) atoms. The van der Waals surface area contributed by atoms with E-state index in [1.165, 1.54) is 0 Å². The molecule has 1 rings (SSSR count). The van der Waals surface area contributed by atoms with Crippen molar-refractivity contribution in [2.24, 2.45) is 18.7 Å². The molecule has 2 N–H and O–H groups in total. The van der Waals surface area contributed by atoms with Gasteiger partial charge in [-0.3, -0.25) is 4.68 Å². The quantitative estimate of drug-likeness (QED) is 0.690. The molecular weight excluding hydrogens is 138 g/mol. The summed E-state index contributed by atoms with van der Waals surface area (Å²) in [7, 11) is 1.91. The smallest absolute Gasteiger partial charge is 0.0550 e. The SMILES string of the molecule is CC(C)[C@H](N)c1ccnn1C. The lowest BCUT2D eigenvalue weighted by atomic mass is 10.0. The van der Waals surface area contributed by atoms with Crippen molar-refractivity contribution in [2.75, 3.05) is 0 Å². The molecule has 0 amide bonds. The number of hydrogen-bond donors (Lipinski definition) is 1. The zero-order valence-electron chi connectivity index (χ0n) is 7.28. The molecule has 0 aromatic carbocycles. The lowest BCUT2D eigenvalue weighted by Crippen LogP contribution is -2.19. The van der Waals surface area contributed by atoms with Crippen molar-refractivity contribution < 1.29 is 0 Å². The van der Waals surface area contributed by atoms with Crippen molar-refractivity contribution >= 4 is 0 Å². The van der Waals surface area contributed by atoms with E-state index < -0.39 is 0 Å². The summed E-state index contributed by atoms with van der Waals surface area (Å²) in [5, 5.41) is 4.06. The van der Waals surface area contributed by atoms with E-state index in [-0.39, 0.29) is 6.04 Å². The summed E-state index contributed by atoms with van der Waals surface area (Å²) in [5.41, 5.74) is 7.02. The van der Waals surface area contributed by atoms with Crippen molar-refractivity contribution in [3.63, 3.8) is 0 Å². The van der Waals surface area contributed by atoms with Crippen LogP contribution in [0.2, 0.25) is 0 Å². The highest BCUT2D eigenvalue weighted by Crippen LogP contribution is 2.16. The van der Waals surface area contributed by atoms with Gasteiger partial charge in [-0.25, -0.2) is 0 Å². The van der Waals surface area contributed by atoms with Gasteiger partial charge in [-0.15, -0.1) is 0 Å². The number of nitrogens with zero attached hydrogens (tertiary/aromatic N) is 2. The molecule has 3 nitrogen and oxygen atoms in total. The first-order valence-corrected chi connectivity index (χ1v) is 3.86. The summed E-state index contributed by atoms with van der Waals surface area (Å²) in [5.74, 6) is 0.463. The van der Waals surface area contributed by atoms with E-state index >= 15 is 0 Å². The van der Waals surface area contributed by atoms with Crippen LogP contribution in [-0.4, -0.2) is 9.78 Å². The molecule has 0 aliphatic rings. The Hall–Kier alpha value is -0.830. The van der Waals surface area contributed by atoms with Crippen LogP contribution in [0.5, 0.6) is 0 Å². The molecular formula is C8H15N3. The van der Waals surface area contributed by atoms with Crippen molar-refractivity contribution in [1.29, 1.82) is 0 Å². The summed E-state index contributed by atoms with van der Waals surface area (Å²) in [4.78, 5) is 0. The van der Waals surface area contributed by atoms with Crippen LogP contribution in [0.15, 0.2) is 12.3 Å². The van der Waals surface area contributed by atoms with E-state index in [0.29, 0.717) is 5.92 Å². The minimum absolute atomic E-state index is 0.0995. The Balaban J connectivity index is 2.84. The largest absolute Gasteiger partial charge is 0.322 e. The number of aryl methyl sites for hydroxylation is 1. The van der Waals surface area contributed by atoms with Crippen LogP contribution < -0.4 is 5.73 Å². The van der Waals surface area contributed by atoms with Crippen LogP contribution in [0, 0.1) is 5.92 Å². The van der Waals surface area contributed by atoms with Crippen LogP contribution in [0.1, 0.15) is 25.6 Å². The van der Waals surface area contributed by atoms with Gasteiger partial charge in [0.2, 0.25) is 0 Å². The van der Waals surface area contributed by atoms with Gasteiger partial charge in [0.25, 0.3) is 0 Å². The summed E-state index contributed by atoms with van der Waals surface area (Å²) in [6, 6.07) is 2.06. The number of rotatable bonds is 2. The van der Waals surface area contributed by atoms with Gasteiger partial charge in [-0.05, 0) is 12.0 Å². The lowest BCUT2D eigenvalue weighted by molar-refractivity contribution is 0.480. The molecule has 0 radical (unpaired) electrons. The normalized spacial score (nSPS) is 13.9. The average molecular weight is 153 g/mol. The van der Waals surface area contributed by atoms with E-state index in [1.807, 2.05) is 17.8 Å². The van der Waals surface area contributed by atoms with E-state index in [4.69, 9.17) is 5.73 Å². The second kappa shape index (κ2) is 3.05. The number of hydrogen-bond acceptors (Lipinski definition) is 2. The molecule has 0 fully saturated rings. The van der Waals surface area contributed by atoms with Gasteiger partial charge in [0.1, 0.15) is 0 Å². The number of aromatic nitrogens is 2. The predicted octanol–water partition coefficient (Wildman–Crippen LogP) is 1.08. The molecule has 0 spiro atoms. The molecule has 0 saturated heterocycles. The van der Waals surface area contributed by atoms with E-state index in [0.717, 1.165) is 5.69 Å². The lowest BCUT2D eigenvalue weighted by Gasteiger charge is -2.15. The molecule has 0 aliphatic heterocycles. The third kappa shape index (κ3) is 1.60. The van der Waals surface area contributed by atoms with Gasteiger partial charge in [0.15, 0.2) is 0 Å². The van der Waals surface area contributed by atoms with Crippen LogP contribution in [0.4, 0.5) is 0 Å². The van der Waals surface area contributed by atoms with Gasteiger partial charge in [0.05, 0.1) is 5.69 Å². The fourth-order valence-corrected chi connectivity index (χ4v) is 1.05. The third-order valence-corrected chi connectivity index (χ3v) is 1.92. The molecule has 0 saturated carbocycles. The highest BCUT2D eigenvalue weighted by molar-refractivity contribution is 5.06. The summed E-state index contributed by atoms with van der Waals surface area (Å²) >= 11 is 0. The molecule has 1 atom stereocenters.